The van der Waals surface area contributed by atoms with Crippen LogP contribution >= 0.6 is 11.8 Å². The Labute approximate surface area is 215 Å². The number of aromatic amines is 1. The number of carboxylic acids is 1. The first-order valence-electron chi connectivity index (χ1n) is 12.0. The average molecular weight is 520 g/mol. The number of aliphatic carboxylic acids is 1. The van der Waals surface area contributed by atoms with Gasteiger partial charge in [-0.15, -0.1) is 0 Å². The van der Waals surface area contributed by atoms with Crippen molar-refractivity contribution in [2.24, 2.45) is 11.7 Å². The molecule has 1 heterocycles. The minimum absolute atomic E-state index is 0.254. The Morgan fingerprint density at radius 1 is 1.06 bits per heavy atom. The van der Waals surface area contributed by atoms with Crippen LogP contribution in [-0.2, 0) is 25.6 Å². The third kappa shape index (κ3) is 7.99. The first kappa shape index (κ1) is 29.2. The molecule has 0 bridgehead atoms. The van der Waals surface area contributed by atoms with E-state index in [1.165, 1.54) is 18.7 Å². The smallest absolute Gasteiger partial charge is 0.326 e. The summed E-state index contributed by atoms with van der Waals surface area (Å²) in [6.45, 7) is 5.17. The lowest BCUT2D eigenvalue weighted by Crippen LogP contribution is -2.58. The molecule has 198 valence electrons. The van der Waals surface area contributed by atoms with Gasteiger partial charge >= 0.3 is 5.97 Å². The van der Waals surface area contributed by atoms with Crippen LogP contribution in [-0.4, -0.2) is 70.0 Å². The molecule has 0 saturated carbocycles. The molecule has 1 aromatic carbocycles. The van der Waals surface area contributed by atoms with Crippen LogP contribution in [0.5, 0.6) is 0 Å². The Morgan fingerprint density at radius 3 is 2.39 bits per heavy atom. The summed E-state index contributed by atoms with van der Waals surface area (Å²) in [5.74, 6) is -2.43. The second-order valence-corrected chi connectivity index (χ2v) is 9.94. The molecule has 0 fully saturated rings. The Kier molecular flexibility index (Phi) is 11.3. The number of carboxylic acid groups (broad SMARTS) is 1. The zero-order valence-corrected chi connectivity index (χ0v) is 22.0. The molecule has 36 heavy (non-hydrogen) atoms. The zero-order valence-electron chi connectivity index (χ0n) is 21.2. The first-order chi connectivity index (χ1) is 17.1. The van der Waals surface area contributed by atoms with E-state index >= 15 is 0 Å². The SMILES string of the molecule is CCC(C)C(NC(=O)C(C)NC(=O)C(N)Cc1c[nH]c2ccccc12)C(=O)NC(CCSC)C(=O)O. The molecular weight excluding hydrogens is 482 g/mol. The molecule has 5 atom stereocenters. The van der Waals surface area contributed by atoms with E-state index in [0.29, 0.717) is 12.2 Å². The molecule has 10 nitrogen and oxygen atoms in total. The molecule has 3 amide bonds. The van der Waals surface area contributed by atoms with Gasteiger partial charge in [0, 0.05) is 17.1 Å². The molecule has 7 N–H and O–H groups in total. The second-order valence-electron chi connectivity index (χ2n) is 8.95. The van der Waals surface area contributed by atoms with Gasteiger partial charge in [-0.25, -0.2) is 4.79 Å². The van der Waals surface area contributed by atoms with E-state index in [9.17, 15) is 24.3 Å². The molecule has 0 aliphatic rings. The van der Waals surface area contributed by atoms with Gasteiger partial charge in [0.2, 0.25) is 17.7 Å². The van der Waals surface area contributed by atoms with Gasteiger partial charge in [-0.05, 0) is 49.3 Å². The third-order valence-electron chi connectivity index (χ3n) is 6.22. The van der Waals surface area contributed by atoms with Crippen LogP contribution in [0.15, 0.2) is 30.5 Å². The standard InChI is InChI=1S/C25H37N5O5S/c1-5-14(2)21(24(33)29-20(25(34)35)10-11-36-4)30-22(31)15(3)28-23(32)18(26)12-16-13-27-19-9-7-6-8-17(16)19/h6-9,13-15,18,20-21,27H,5,10-12,26H2,1-4H3,(H,28,32)(H,29,33)(H,30,31)(H,34,35). The number of carbonyl (C=O) groups excluding carboxylic acids is 3. The summed E-state index contributed by atoms with van der Waals surface area (Å²) in [4.78, 5) is 53.1. The van der Waals surface area contributed by atoms with Crippen molar-refractivity contribution in [1.29, 1.82) is 0 Å². The highest BCUT2D eigenvalue weighted by atomic mass is 32.2. The topological polar surface area (TPSA) is 166 Å². The Hall–Kier alpha value is -3.05. The van der Waals surface area contributed by atoms with E-state index in [0.717, 1.165) is 16.5 Å². The summed E-state index contributed by atoms with van der Waals surface area (Å²) in [6.07, 6.45) is 4.80. The van der Waals surface area contributed by atoms with Crippen LogP contribution in [0.4, 0.5) is 0 Å². The van der Waals surface area contributed by atoms with Gasteiger partial charge < -0.3 is 31.8 Å². The molecule has 2 aromatic rings. The van der Waals surface area contributed by atoms with Crippen LogP contribution in [0.25, 0.3) is 10.9 Å². The fourth-order valence-corrected chi connectivity index (χ4v) is 4.22. The van der Waals surface area contributed by atoms with Crippen LogP contribution < -0.4 is 21.7 Å². The normalized spacial score (nSPS) is 15.4. The number of amides is 3. The van der Waals surface area contributed by atoms with Crippen LogP contribution in [0.2, 0.25) is 0 Å². The molecule has 2 rings (SSSR count). The molecule has 0 aliphatic carbocycles. The minimum atomic E-state index is -1.13. The quantitative estimate of drug-likeness (QED) is 0.219. The number of thioether (sulfide) groups is 1. The van der Waals surface area contributed by atoms with Gasteiger partial charge in [0.15, 0.2) is 0 Å². The van der Waals surface area contributed by atoms with E-state index < -0.39 is 47.9 Å². The van der Waals surface area contributed by atoms with Gasteiger partial charge in [0.25, 0.3) is 0 Å². The number of carbonyl (C=O) groups is 4. The average Bonchev–Trinajstić information content (AvgIpc) is 3.26. The molecule has 5 unspecified atom stereocenters. The van der Waals surface area contributed by atoms with E-state index in [1.54, 1.807) is 6.92 Å². The molecule has 11 heteroatoms. The monoisotopic (exact) mass is 519 g/mol. The molecular formula is C25H37N5O5S. The number of nitrogens with two attached hydrogens (primary N) is 1. The number of aromatic nitrogens is 1. The van der Waals surface area contributed by atoms with Crippen LogP contribution in [0.3, 0.4) is 0 Å². The van der Waals surface area contributed by atoms with Crippen LogP contribution in [0.1, 0.15) is 39.2 Å². The largest absolute Gasteiger partial charge is 0.480 e. The fraction of sp³-hybridized carbons (Fsp3) is 0.520. The van der Waals surface area contributed by atoms with E-state index in [-0.39, 0.29) is 18.8 Å². The molecule has 0 radical (unpaired) electrons. The predicted molar refractivity (Wildman–Crippen MR) is 142 cm³/mol. The lowest BCUT2D eigenvalue weighted by molar-refractivity contribution is -0.142. The number of hydrogen-bond donors (Lipinski definition) is 6. The Morgan fingerprint density at radius 2 is 1.75 bits per heavy atom. The Balaban J connectivity index is 1.99. The molecule has 0 spiro atoms. The van der Waals surface area contributed by atoms with Crippen molar-refractivity contribution < 1.29 is 24.3 Å². The predicted octanol–water partition coefficient (Wildman–Crippen LogP) is 1.40. The van der Waals surface area contributed by atoms with Gasteiger partial charge in [0.1, 0.15) is 18.1 Å². The van der Waals surface area contributed by atoms with Crippen LogP contribution in [0, 0.1) is 5.92 Å². The number of hydrogen-bond acceptors (Lipinski definition) is 6. The van der Waals surface area contributed by atoms with Gasteiger partial charge in [-0.1, -0.05) is 38.5 Å². The van der Waals surface area contributed by atoms with E-state index in [2.05, 4.69) is 20.9 Å². The van der Waals surface area contributed by atoms with E-state index in [1.807, 2.05) is 43.6 Å². The summed E-state index contributed by atoms with van der Waals surface area (Å²) < 4.78 is 0. The van der Waals surface area contributed by atoms with Crippen molar-refractivity contribution in [3.05, 3.63) is 36.0 Å². The van der Waals surface area contributed by atoms with E-state index in [4.69, 9.17) is 5.73 Å². The van der Waals surface area contributed by atoms with Crippen molar-refractivity contribution >= 4 is 46.4 Å². The van der Waals surface area contributed by atoms with Crippen molar-refractivity contribution in [3.63, 3.8) is 0 Å². The highest BCUT2D eigenvalue weighted by Gasteiger charge is 2.31. The maximum absolute atomic E-state index is 12.9. The minimum Gasteiger partial charge on any atom is -0.480 e. The van der Waals surface area contributed by atoms with Gasteiger partial charge in [-0.3, -0.25) is 14.4 Å². The number of para-hydroxylation sites is 1. The van der Waals surface area contributed by atoms with Gasteiger partial charge in [-0.2, -0.15) is 11.8 Å². The lowest BCUT2D eigenvalue weighted by atomic mass is 9.97. The van der Waals surface area contributed by atoms with Crippen molar-refractivity contribution in [2.45, 2.75) is 64.2 Å². The highest BCUT2D eigenvalue weighted by molar-refractivity contribution is 7.98. The fourth-order valence-electron chi connectivity index (χ4n) is 3.75. The number of benzene rings is 1. The molecule has 1 aromatic heterocycles. The van der Waals surface area contributed by atoms with Gasteiger partial charge in [0.05, 0.1) is 6.04 Å². The summed E-state index contributed by atoms with van der Waals surface area (Å²) in [5.41, 5.74) is 7.95. The number of nitrogens with one attached hydrogen (secondary N) is 4. The summed E-state index contributed by atoms with van der Waals surface area (Å²) in [5, 5.41) is 18.2. The summed E-state index contributed by atoms with van der Waals surface area (Å²) in [7, 11) is 0. The number of H-pyrrole nitrogens is 1. The maximum atomic E-state index is 12.9. The lowest BCUT2D eigenvalue weighted by Gasteiger charge is -2.27. The Bertz CT molecular complexity index is 1060. The zero-order chi connectivity index (χ0) is 26.8. The summed E-state index contributed by atoms with van der Waals surface area (Å²) >= 11 is 1.48. The highest BCUT2D eigenvalue weighted by Crippen LogP contribution is 2.18. The second kappa shape index (κ2) is 13.9. The first-order valence-corrected chi connectivity index (χ1v) is 13.4. The molecule has 0 saturated heterocycles. The van der Waals surface area contributed by atoms with Crippen molar-refractivity contribution in [1.82, 2.24) is 20.9 Å². The molecule has 0 aliphatic heterocycles. The van der Waals surface area contributed by atoms with Crippen molar-refractivity contribution in [2.75, 3.05) is 12.0 Å². The number of fused-ring (bicyclic) bond motifs is 1. The summed E-state index contributed by atoms with van der Waals surface area (Å²) in [6, 6.07) is 3.88. The third-order valence-corrected chi connectivity index (χ3v) is 6.87. The number of rotatable bonds is 14. The maximum Gasteiger partial charge on any atom is 0.326 e. The van der Waals surface area contributed by atoms with Crippen molar-refractivity contribution in [3.8, 4) is 0 Å².